The first-order valence-corrected chi connectivity index (χ1v) is 18.5. The molecule has 0 radical (unpaired) electrons. The summed E-state index contributed by atoms with van der Waals surface area (Å²) in [4.78, 5) is 0. The van der Waals surface area contributed by atoms with Crippen LogP contribution in [0.4, 0.5) is 0 Å². The van der Waals surface area contributed by atoms with Gasteiger partial charge in [0, 0.05) is 46.2 Å². The van der Waals surface area contributed by atoms with E-state index in [4.69, 9.17) is 42.6 Å². The quantitative estimate of drug-likeness (QED) is 0.0717. The molecule has 3 aromatic carbocycles. The van der Waals surface area contributed by atoms with Gasteiger partial charge >= 0.3 is 0 Å². The van der Waals surface area contributed by atoms with E-state index in [1.165, 1.54) is 12.8 Å². The molecule has 0 fully saturated rings. The molecule has 0 amide bonds. The standard InChI is InChI=1S/C28H42O7.C13H20O4/c1-2-3-7-15-30-18-20-33-27-13-10-14-28(22-27)34-21-19-31-16-8-9-17-32-23-25(29)24-35-26-11-5-4-6-12-26;1-15-8-5-9-16-10-12(14)11-17-13-6-3-2-4-7-13/h4-6,10-14,22,25,29H,2-3,7-9,15-21,23-24H2,1H3;2-4,6-7,12,14H,5,8-11H2,1H3. The highest BCUT2D eigenvalue weighted by atomic mass is 16.5. The van der Waals surface area contributed by atoms with Gasteiger partial charge in [-0.05, 0) is 62.1 Å². The second-order valence-electron chi connectivity index (χ2n) is 11.9. The smallest absolute Gasteiger partial charge is 0.123 e. The summed E-state index contributed by atoms with van der Waals surface area (Å²) >= 11 is 0. The number of ether oxygens (including phenoxy) is 9. The third-order valence-corrected chi connectivity index (χ3v) is 7.15. The molecule has 0 heterocycles. The van der Waals surface area contributed by atoms with Gasteiger partial charge in [0.25, 0.3) is 0 Å². The van der Waals surface area contributed by atoms with Crippen molar-refractivity contribution < 1.29 is 52.8 Å². The first-order valence-electron chi connectivity index (χ1n) is 18.5. The summed E-state index contributed by atoms with van der Waals surface area (Å²) in [7, 11) is 1.66. The van der Waals surface area contributed by atoms with Crippen LogP contribution in [0, 0.1) is 0 Å². The van der Waals surface area contributed by atoms with Gasteiger partial charge in [-0.3, -0.25) is 0 Å². The minimum Gasteiger partial charge on any atom is -0.491 e. The van der Waals surface area contributed by atoms with Gasteiger partial charge in [0.05, 0.1) is 26.4 Å². The van der Waals surface area contributed by atoms with Crippen LogP contribution in [-0.4, -0.2) is 115 Å². The lowest BCUT2D eigenvalue weighted by Gasteiger charge is -2.13. The third-order valence-electron chi connectivity index (χ3n) is 7.15. The minimum atomic E-state index is -0.642. The fraction of sp³-hybridized carbons (Fsp3) is 0.561. The lowest BCUT2D eigenvalue weighted by molar-refractivity contribution is 0.00682. The van der Waals surface area contributed by atoms with E-state index in [-0.39, 0.29) is 26.4 Å². The number of unbranched alkanes of at least 4 members (excludes halogenated alkanes) is 3. The number of para-hydroxylation sites is 2. The number of hydrogen-bond acceptors (Lipinski definition) is 11. The fourth-order valence-electron chi connectivity index (χ4n) is 4.42. The molecule has 0 aromatic heterocycles. The average Bonchev–Trinajstić information content (AvgIpc) is 3.18. The normalized spacial score (nSPS) is 12.0. The van der Waals surface area contributed by atoms with E-state index in [0.29, 0.717) is 52.9 Å². The van der Waals surface area contributed by atoms with Crippen LogP contribution in [0.15, 0.2) is 84.9 Å². The third kappa shape index (κ3) is 25.5. The van der Waals surface area contributed by atoms with Crippen LogP contribution in [-0.2, 0) is 23.7 Å². The van der Waals surface area contributed by atoms with Gasteiger partial charge in [0.1, 0.15) is 61.6 Å². The monoisotopic (exact) mass is 730 g/mol. The van der Waals surface area contributed by atoms with Crippen LogP contribution in [0.1, 0.15) is 45.4 Å². The molecule has 0 saturated carbocycles. The predicted octanol–water partition coefficient (Wildman–Crippen LogP) is 6.38. The molecule has 0 aliphatic rings. The predicted molar refractivity (Wildman–Crippen MR) is 202 cm³/mol. The summed E-state index contributed by atoms with van der Waals surface area (Å²) in [5, 5.41) is 19.5. The van der Waals surface area contributed by atoms with Crippen LogP contribution >= 0.6 is 0 Å². The Bertz CT molecular complexity index is 1190. The van der Waals surface area contributed by atoms with Crippen molar-refractivity contribution in [1.82, 2.24) is 0 Å². The molecule has 3 rings (SSSR count). The summed E-state index contributed by atoms with van der Waals surface area (Å²) in [5.41, 5.74) is 0. The first-order chi connectivity index (χ1) is 25.6. The van der Waals surface area contributed by atoms with Crippen LogP contribution in [0.3, 0.4) is 0 Å². The van der Waals surface area contributed by atoms with Crippen molar-refractivity contribution in [2.24, 2.45) is 0 Å². The SMILES string of the molecule is CCCCCOCCOc1cccc(OCCOCCCCOCC(O)COc2ccccc2)c1.COCCCOCC(O)COc1ccccc1. The highest BCUT2D eigenvalue weighted by Crippen LogP contribution is 2.19. The zero-order chi connectivity index (χ0) is 37.2. The van der Waals surface area contributed by atoms with Crippen molar-refractivity contribution in [3.8, 4) is 23.0 Å². The van der Waals surface area contributed by atoms with Gasteiger partial charge < -0.3 is 52.8 Å². The Morgan fingerprint density at radius 2 is 0.865 bits per heavy atom. The van der Waals surface area contributed by atoms with E-state index in [9.17, 15) is 10.2 Å². The van der Waals surface area contributed by atoms with E-state index < -0.39 is 12.2 Å². The maximum Gasteiger partial charge on any atom is 0.123 e. The Labute approximate surface area is 311 Å². The minimum absolute atomic E-state index is 0.218. The van der Waals surface area contributed by atoms with E-state index in [1.807, 2.05) is 84.9 Å². The molecular weight excluding hydrogens is 668 g/mol. The van der Waals surface area contributed by atoms with Crippen molar-refractivity contribution in [1.29, 1.82) is 0 Å². The van der Waals surface area contributed by atoms with Crippen molar-refractivity contribution in [2.75, 3.05) is 93.0 Å². The molecule has 11 heteroatoms. The van der Waals surface area contributed by atoms with Crippen molar-refractivity contribution >= 4 is 0 Å². The highest BCUT2D eigenvalue weighted by Gasteiger charge is 2.06. The lowest BCUT2D eigenvalue weighted by Crippen LogP contribution is -2.23. The fourth-order valence-corrected chi connectivity index (χ4v) is 4.42. The lowest BCUT2D eigenvalue weighted by atomic mass is 10.3. The van der Waals surface area contributed by atoms with Crippen LogP contribution < -0.4 is 18.9 Å². The summed E-state index contributed by atoms with van der Waals surface area (Å²) in [6.45, 7) is 8.61. The zero-order valence-corrected chi connectivity index (χ0v) is 31.2. The molecule has 2 atom stereocenters. The second kappa shape index (κ2) is 32.2. The largest absolute Gasteiger partial charge is 0.491 e. The Kier molecular flexibility index (Phi) is 27.7. The van der Waals surface area contributed by atoms with Gasteiger partial charge in [0.2, 0.25) is 0 Å². The number of aliphatic hydroxyl groups excluding tert-OH is 2. The summed E-state index contributed by atoms with van der Waals surface area (Å²) in [5.74, 6) is 3.04. The number of rotatable bonds is 31. The molecule has 0 aliphatic heterocycles. The second-order valence-corrected chi connectivity index (χ2v) is 11.9. The summed E-state index contributed by atoms with van der Waals surface area (Å²) < 4.78 is 49.2. The molecule has 0 saturated heterocycles. The van der Waals surface area contributed by atoms with Crippen molar-refractivity contribution in [3.63, 3.8) is 0 Å². The molecule has 2 N–H and O–H groups in total. The van der Waals surface area contributed by atoms with Gasteiger partial charge in [-0.1, -0.05) is 62.2 Å². The molecule has 11 nitrogen and oxygen atoms in total. The molecule has 292 valence electrons. The summed E-state index contributed by atoms with van der Waals surface area (Å²) in [6, 6.07) is 26.5. The van der Waals surface area contributed by atoms with Crippen LogP contribution in [0.5, 0.6) is 23.0 Å². The van der Waals surface area contributed by atoms with Gasteiger partial charge in [-0.25, -0.2) is 0 Å². The van der Waals surface area contributed by atoms with E-state index in [0.717, 1.165) is 55.3 Å². The molecule has 3 aromatic rings. The van der Waals surface area contributed by atoms with Crippen molar-refractivity contribution in [2.45, 2.75) is 57.7 Å². The summed E-state index contributed by atoms with van der Waals surface area (Å²) in [6.07, 6.45) is 4.86. The Hall–Kier alpha value is -3.42. The zero-order valence-electron chi connectivity index (χ0n) is 31.2. The van der Waals surface area contributed by atoms with E-state index >= 15 is 0 Å². The van der Waals surface area contributed by atoms with Gasteiger partial charge in [-0.2, -0.15) is 0 Å². The van der Waals surface area contributed by atoms with Gasteiger partial charge in [-0.15, -0.1) is 0 Å². The first kappa shape index (κ1) is 44.7. The Morgan fingerprint density at radius 3 is 1.35 bits per heavy atom. The topological polar surface area (TPSA) is 124 Å². The Balaban J connectivity index is 0.000000460. The molecule has 0 aliphatic carbocycles. The molecule has 0 bridgehead atoms. The molecule has 0 spiro atoms. The average molecular weight is 731 g/mol. The maximum absolute atomic E-state index is 9.91. The van der Waals surface area contributed by atoms with E-state index in [2.05, 4.69) is 6.92 Å². The number of methoxy groups -OCH3 is 1. The number of hydrogen-bond donors (Lipinski definition) is 2. The molecule has 52 heavy (non-hydrogen) atoms. The van der Waals surface area contributed by atoms with Crippen LogP contribution in [0.25, 0.3) is 0 Å². The van der Waals surface area contributed by atoms with Crippen LogP contribution in [0.2, 0.25) is 0 Å². The number of benzene rings is 3. The highest BCUT2D eigenvalue weighted by molar-refractivity contribution is 5.32. The molecule has 2 unspecified atom stereocenters. The van der Waals surface area contributed by atoms with E-state index in [1.54, 1.807) is 7.11 Å². The number of aliphatic hydroxyl groups is 2. The van der Waals surface area contributed by atoms with Crippen molar-refractivity contribution in [3.05, 3.63) is 84.9 Å². The maximum atomic E-state index is 9.91. The van der Waals surface area contributed by atoms with Gasteiger partial charge in [0.15, 0.2) is 0 Å². The molecular formula is C41H62O11. The Morgan fingerprint density at radius 1 is 0.423 bits per heavy atom.